The van der Waals surface area contributed by atoms with Crippen LogP contribution >= 0.6 is 0 Å². The lowest BCUT2D eigenvalue weighted by molar-refractivity contribution is -0.139. The topological polar surface area (TPSA) is 87.9 Å². The van der Waals surface area contributed by atoms with E-state index in [1.165, 1.54) is 6.08 Å². The van der Waals surface area contributed by atoms with Gasteiger partial charge in [-0.2, -0.15) is 0 Å². The van der Waals surface area contributed by atoms with Gasteiger partial charge in [0.1, 0.15) is 22.8 Å². The van der Waals surface area contributed by atoms with Crippen molar-refractivity contribution in [3.8, 4) is 17.2 Å². The Morgan fingerprint density at radius 1 is 1.00 bits per heavy atom. The summed E-state index contributed by atoms with van der Waals surface area (Å²) in [5.74, 6) is -0.389. The van der Waals surface area contributed by atoms with Gasteiger partial charge in [0, 0.05) is 17.0 Å². The predicted molar refractivity (Wildman–Crippen MR) is 111 cm³/mol. The Morgan fingerprint density at radius 3 is 2.50 bits per heavy atom. The third kappa shape index (κ3) is 2.69. The second-order valence-electron chi connectivity index (χ2n) is 7.97. The van der Waals surface area contributed by atoms with Crippen LogP contribution in [0.2, 0.25) is 0 Å². The molecular formula is C24H19NO5. The number of carbonyl (C=O) groups excluding carboxylic acids is 2. The molecule has 0 saturated heterocycles. The van der Waals surface area contributed by atoms with Gasteiger partial charge in [0.05, 0.1) is 10.9 Å². The van der Waals surface area contributed by atoms with Crippen molar-refractivity contribution in [2.45, 2.75) is 25.2 Å². The Bertz CT molecular complexity index is 1240. The van der Waals surface area contributed by atoms with Crippen LogP contribution in [0.15, 0.2) is 66.7 Å². The zero-order valence-electron chi connectivity index (χ0n) is 16.5. The van der Waals surface area contributed by atoms with Gasteiger partial charge in [0.25, 0.3) is 5.79 Å². The molecule has 0 amide bonds. The van der Waals surface area contributed by atoms with Gasteiger partial charge in [-0.25, -0.2) is 4.79 Å². The molecule has 0 saturated carbocycles. The number of ether oxygens (including phenoxy) is 3. The molecule has 30 heavy (non-hydrogen) atoms. The number of hydrogen-bond donors (Lipinski definition) is 1. The first-order chi connectivity index (χ1) is 14.3. The SMILES string of the molecule is CC(C)(N)C(=O)Oc1ccc2c3c(cccc13)OC1(C=CC(=O)c3ccccc31)O2. The molecule has 150 valence electrons. The van der Waals surface area contributed by atoms with Crippen molar-refractivity contribution in [2.75, 3.05) is 0 Å². The Morgan fingerprint density at radius 2 is 1.73 bits per heavy atom. The van der Waals surface area contributed by atoms with E-state index in [4.69, 9.17) is 19.9 Å². The highest BCUT2D eigenvalue weighted by atomic mass is 16.7. The lowest BCUT2D eigenvalue weighted by Crippen LogP contribution is -2.44. The number of benzene rings is 3. The van der Waals surface area contributed by atoms with Crippen molar-refractivity contribution >= 4 is 22.5 Å². The maximum atomic E-state index is 12.3. The molecule has 1 heterocycles. The summed E-state index contributed by atoms with van der Waals surface area (Å²) in [6.45, 7) is 3.18. The Hall–Kier alpha value is -3.64. The van der Waals surface area contributed by atoms with Crippen molar-refractivity contribution in [2.24, 2.45) is 5.73 Å². The normalized spacial score (nSPS) is 19.2. The summed E-state index contributed by atoms with van der Waals surface area (Å²) in [4.78, 5) is 24.6. The Balaban J connectivity index is 1.63. The molecule has 6 nitrogen and oxygen atoms in total. The van der Waals surface area contributed by atoms with Gasteiger partial charge in [-0.15, -0.1) is 0 Å². The summed E-state index contributed by atoms with van der Waals surface area (Å²) in [6, 6.07) is 16.1. The highest BCUT2D eigenvalue weighted by molar-refractivity contribution is 6.07. The molecule has 0 aromatic heterocycles. The smallest absolute Gasteiger partial charge is 0.330 e. The van der Waals surface area contributed by atoms with Crippen LogP contribution in [0.25, 0.3) is 10.8 Å². The second-order valence-corrected chi connectivity index (χ2v) is 7.97. The first-order valence-electron chi connectivity index (χ1n) is 9.56. The summed E-state index contributed by atoms with van der Waals surface area (Å²) >= 11 is 0. The molecule has 6 heteroatoms. The van der Waals surface area contributed by atoms with Crippen LogP contribution in [0.4, 0.5) is 0 Å². The Labute approximate surface area is 172 Å². The number of rotatable bonds is 2. The van der Waals surface area contributed by atoms with Crippen molar-refractivity contribution < 1.29 is 23.8 Å². The van der Waals surface area contributed by atoms with E-state index in [1.807, 2.05) is 30.3 Å². The quantitative estimate of drug-likeness (QED) is 0.518. The van der Waals surface area contributed by atoms with Crippen LogP contribution in [-0.2, 0) is 10.6 Å². The van der Waals surface area contributed by atoms with Gasteiger partial charge < -0.3 is 19.9 Å². The summed E-state index contributed by atoms with van der Waals surface area (Å²) in [5, 5.41) is 1.35. The van der Waals surface area contributed by atoms with Crippen molar-refractivity contribution in [1.29, 1.82) is 0 Å². The number of nitrogens with two attached hydrogens (primary N) is 1. The van der Waals surface area contributed by atoms with E-state index < -0.39 is 17.3 Å². The fourth-order valence-corrected chi connectivity index (χ4v) is 3.70. The van der Waals surface area contributed by atoms with Gasteiger partial charge in [0.2, 0.25) is 0 Å². The van der Waals surface area contributed by atoms with E-state index in [-0.39, 0.29) is 5.78 Å². The molecular weight excluding hydrogens is 382 g/mol. The lowest BCUT2D eigenvalue weighted by Gasteiger charge is -2.39. The third-order valence-corrected chi connectivity index (χ3v) is 5.20. The standard InChI is InChI=1S/C24H19NO5/c1-23(2,25)22(27)28-18-10-11-20-21-15(18)7-5-9-19(21)29-24(30-20)13-12-17(26)14-6-3-4-8-16(14)24/h3-13H,25H2,1-2H3. The highest BCUT2D eigenvalue weighted by Crippen LogP contribution is 2.49. The first-order valence-corrected chi connectivity index (χ1v) is 9.56. The molecule has 1 atom stereocenters. The second kappa shape index (κ2) is 6.18. The fourth-order valence-electron chi connectivity index (χ4n) is 3.70. The molecule has 1 aliphatic carbocycles. The maximum Gasteiger partial charge on any atom is 0.330 e. The zero-order chi connectivity index (χ0) is 21.1. The van der Waals surface area contributed by atoms with Gasteiger partial charge in [0.15, 0.2) is 5.78 Å². The summed E-state index contributed by atoms with van der Waals surface area (Å²) < 4.78 is 18.2. The molecule has 3 aromatic rings. The molecule has 0 bridgehead atoms. The van der Waals surface area contributed by atoms with Crippen molar-refractivity contribution in [3.05, 3.63) is 77.9 Å². The molecule has 5 rings (SSSR count). The molecule has 2 aliphatic rings. The van der Waals surface area contributed by atoms with Crippen molar-refractivity contribution in [3.63, 3.8) is 0 Å². The van der Waals surface area contributed by atoms with Crippen molar-refractivity contribution in [1.82, 2.24) is 0 Å². The molecule has 1 aliphatic heterocycles. The van der Waals surface area contributed by atoms with E-state index in [2.05, 4.69) is 0 Å². The minimum atomic E-state index is -1.25. The molecule has 1 spiro atoms. The number of fused-ring (bicyclic) bond motifs is 2. The molecule has 0 fully saturated rings. The van der Waals surface area contributed by atoms with Crippen LogP contribution in [-0.4, -0.2) is 17.3 Å². The largest absolute Gasteiger partial charge is 0.444 e. The highest BCUT2D eigenvalue weighted by Gasteiger charge is 2.44. The summed E-state index contributed by atoms with van der Waals surface area (Å²) in [7, 11) is 0. The number of carbonyl (C=O) groups is 2. The Kier molecular flexibility index (Phi) is 3.79. The number of ketones is 1. The number of esters is 1. The van der Waals surface area contributed by atoms with Gasteiger partial charge in [-0.1, -0.05) is 36.4 Å². The minimum absolute atomic E-state index is 0.0981. The third-order valence-electron chi connectivity index (χ3n) is 5.20. The summed E-state index contributed by atoms with van der Waals surface area (Å²) in [5.41, 5.74) is 5.91. The maximum absolute atomic E-state index is 12.3. The minimum Gasteiger partial charge on any atom is -0.444 e. The first kappa shape index (κ1) is 18.4. The lowest BCUT2D eigenvalue weighted by atomic mass is 9.90. The number of hydrogen-bond acceptors (Lipinski definition) is 6. The fraction of sp³-hybridized carbons (Fsp3) is 0.167. The van der Waals surface area contributed by atoms with E-state index in [9.17, 15) is 9.59 Å². The van der Waals surface area contributed by atoms with Gasteiger partial charge >= 0.3 is 5.97 Å². The van der Waals surface area contributed by atoms with Crippen LogP contribution in [0.5, 0.6) is 17.2 Å². The monoisotopic (exact) mass is 401 g/mol. The van der Waals surface area contributed by atoms with E-state index in [0.717, 1.165) is 0 Å². The molecule has 0 radical (unpaired) electrons. The van der Waals surface area contributed by atoms with Crippen LogP contribution in [0.1, 0.15) is 29.8 Å². The van der Waals surface area contributed by atoms with E-state index in [0.29, 0.717) is 39.1 Å². The molecule has 3 aromatic carbocycles. The average Bonchev–Trinajstić information content (AvgIpc) is 2.72. The average molecular weight is 401 g/mol. The van der Waals surface area contributed by atoms with Gasteiger partial charge in [-0.05, 0) is 38.1 Å². The number of allylic oxidation sites excluding steroid dienone is 1. The molecule has 2 N–H and O–H groups in total. The van der Waals surface area contributed by atoms with Crippen LogP contribution < -0.4 is 19.9 Å². The predicted octanol–water partition coefficient (Wildman–Crippen LogP) is 3.86. The van der Waals surface area contributed by atoms with Gasteiger partial charge in [-0.3, -0.25) is 4.79 Å². The van der Waals surface area contributed by atoms with Crippen LogP contribution in [0.3, 0.4) is 0 Å². The van der Waals surface area contributed by atoms with Crippen LogP contribution in [0, 0.1) is 0 Å². The van der Waals surface area contributed by atoms with E-state index in [1.54, 1.807) is 44.2 Å². The summed E-state index contributed by atoms with van der Waals surface area (Å²) in [6.07, 6.45) is 3.09. The zero-order valence-corrected chi connectivity index (χ0v) is 16.5. The van der Waals surface area contributed by atoms with E-state index >= 15 is 0 Å². The molecule has 1 unspecified atom stereocenters.